The molecule has 0 radical (unpaired) electrons. The van der Waals surface area contributed by atoms with Crippen molar-refractivity contribution in [2.75, 3.05) is 0 Å². The zero-order valence-corrected chi connectivity index (χ0v) is 9.83. The summed E-state index contributed by atoms with van der Waals surface area (Å²) in [4.78, 5) is 0. The standard InChI is InChI=1S/C16H16/c1-12-8-9-15-13(10-12)11-16(15,2)14-6-4-3-5-7-14/h3-10H,11H2,1-2H3. The van der Waals surface area contributed by atoms with Crippen molar-refractivity contribution in [3.8, 4) is 0 Å². The Hall–Kier alpha value is -1.56. The maximum Gasteiger partial charge on any atom is 0.0217 e. The van der Waals surface area contributed by atoms with Crippen LogP contribution in [0.5, 0.6) is 0 Å². The molecule has 1 aliphatic rings. The van der Waals surface area contributed by atoms with Crippen molar-refractivity contribution in [3.05, 3.63) is 70.8 Å². The van der Waals surface area contributed by atoms with E-state index in [0.717, 1.165) is 0 Å². The minimum Gasteiger partial charge on any atom is -0.0622 e. The highest BCUT2D eigenvalue weighted by Gasteiger charge is 2.39. The quantitative estimate of drug-likeness (QED) is 0.667. The van der Waals surface area contributed by atoms with Crippen LogP contribution in [0.3, 0.4) is 0 Å². The first-order valence-corrected chi connectivity index (χ1v) is 5.86. The first kappa shape index (κ1) is 9.65. The van der Waals surface area contributed by atoms with Crippen molar-refractivity contribution in [2.45, 2.75) is 25.7 Å². The van der Waals surface area contributed by atoms with Crippen LogP contribution in [-0.4, -0.2) is 0 Å². The Bertz CT molecular complexity index is 525. The van der Waals surface area contributed by atoms with Gasteiger partial charge in [-0.05, 0) is 30.0 Å². The number of benzene rings is 2. The number of fused-ring (bicyclic) bond motifs is 1. The van der Waals surface area contributed by atoms with Crippen molar-refractivity contribution in [2.24, 2.45) is 0 Å². The second-order valence-corrected chi connectivity index (χ2v) is 5.04. The van der Waals surface area contributed by atoms with Gasteiger partial charge in [0.1, 0.15) is 0 Å². The van der Waals surface area contributed by atoms with Crippen LogP contribution in [0.15, 0.2) is 48.5 Å². The van der Waals surface area contributed by atoms with E-state index < -0.39 is 0 Å². The molecule has 0 aromatic heterocycles. The van der Waals surface area contributed by atoms with Gasteiger partial charge in [0.2, 0.25) is 0 Å². The zero-order chi connectivity index (χ0) is 11.2. The van der Waals surface area contributed by atoms with E-state index in [4.69, 9.17) is 0 Å². The molecule has 3 rings (SSSR count). The summed E-state index contributed by atoms with van der Waals surface area (Å²) < 4.78 is 0. The zero-order valence-electron chi connectivity index (χ0n) is 9.83. The largest absolute Gasteiger partial charge is 0.0622 e. The second-order valence-electron chi connectivity index (χ2n) is 5.04. The molecule has 0 fully saturated rings. The van der Waals surface area contributed by atoms with Gasteiger partial charge in [0, 0.05) is 5.41 Å². The van der Waals surface area contributed by atoms with Crippen LogP contribution in [0.25, 0.3) is 0 Å². The summed E-state index contributed by atoms with van der Waals surface area (Å²) >= 11 is 0. The van der Waals surface area contributed by atoms with Crippen molar-refractivity contribution in [1.29, 1.82) is 0 Å². The summed E-state index contributed by atoms with van der Waals surface area (Å²) in [6.45, 7) is 4.51. The highest BCUT2D eigenvalue weighted by molar-refractivity contribution is 5.53. The van der Waals surface area contributed by atoms with Crippen molar-refractivity contribution in [1.82, 2.24) is 0 Å². The molecule has 0 aliphatic heterocycles. The van der Waals surface area contributed by atoms with Gasteiger partial charge in [0.25, 0.3) is 0 Å². The van der Waals surface area contributed by atoms with E-state index in [0.29, 0.717) is 0 Å². The predicted molar refractivity (Wildman–Crippen MR) is 67.8 cm³/mol. The number of rotatable bonds is 1. The van der Waals surface area contributed by atoms with Crippen LogP contribution in [0.2, 0.25) is 0 Å². The van der Waals surface area contributed by atoms with Gasteiger partial charge >= 0.3 is 0 Å². The monoisotopic (exact) mass is 208 g/mol. The lowest BCUT2D eigenvalue weighted by atomic mass is 9.61. The predicted octanol–water partition coefficient (Wildman–Crippen LogP) is 3.86. The van der Waals surface area contributed by atoms with Gasteiger partial charge in [0.05, 0.1) is 0 Å². The van der Waals surface area contributed by atoms with E-state index >= 15 is 0 Å². The minimum absolute atomic E-state index is 0.240. The van der Waals surface area contributed by atoms with E-state index in [9.17, 15) is 0 Å². The van der Waals surface area contributed by atoms with E-state index in [1.54, 1.807) is 0 Å². The van der Waals surface area contributed by atoms with Crippen molar-refractivity contribution >= 4 is 0 Å². The lowest BCUT2D eigenvalue weighted by Gasteiger charge is -2.42. The molecule has 16 heavy (non-hydrogen) atoms. The first-order chi connectivity index (χ1) is 7.70. The Labute approximate surface area is 96.9 Å². The minimum atomic E-state index is 0.240. The fraction of sp³-hybridized carbons (Fsp3) is 0.250. The molecule has 0 nitrogen and oxygen atoms in total. The Balaban J connectivity index is 2.08. The molecule has 1 atom stereocenters. The van der Waals surface area contributed by atoms with Crippen molar-refractivity contribution in [3.63, 3.8) is 0 Å². The Morgan fingerprint density at radius 3 is 2.44 bits per heavy atom. The molecule has 2 aromatic carbocycles. The molecule has 2 aromatic rings. The van der Waals surface area contributed by atoms with Crippen LogP contribution < -0.4 is 0 Å². The Kier molecular flexibility index (Phi) is 1.94. The summed E-state index contributed by atoms with van der Waals surface area (Å²) in [7, 11) is 0. The molecule has 0 N–H and O–H groups in total. The van der Waals surface area contributed by atoms with E-state index in [1.807, 2.05) is 0 Å². The molecular formula is C16H16. The molecule has 0 saturated carbocycles. The second kappa shape index (κ2) is 3.21. The highest BCUT2D eigenvalue weighted by Crippen LogP contribution is 2.45. The highest BCUT2D eigenvalue weighted by atomic mass is 14.4. The van der Waals surface area contributed by atoms with Crippen LogP contribution in [0.1, 0.15) is 29.2 Å². The summed E-state index contributed by atoms with van der Waals surface area (Å²) in [6, 6.07) is 17.7. The van der Waals surface area contributed by atoms with Crippen LogP contribution in [0, 0.1) is 6.92 Å². The summed E-state index contributed by atoms with van der Waals surface area (Å²) in [5.41, 5.74) is 6.07. The molecule has 0 heterocycles. The van der Waals surface area contributed by atoms with E-state index in [-0.39, 0.29) is 5.41 Å². The van der Waals surface area contributed by atoms with Crippen LogP contribution >= 0.6 is 0 Å². The third kappa shape index (κ3) is 1.23. The third-order valence-corrected chi connectivity index (χ3v) is 3.81. The average Bonchev–Trinajstić information content (AvgIpc) is 2.29. The summed E-state index contributed by atoms with van der Waals surface area (Å²) in [5.74, 6) is 0. The van der Waals surface area contributed by atoms with Gasteiger partial charge in [-0.25, -0.2) is 0 Å². The molecule has 80 valence electrons. The molecule has 1 aliphatic carbocycles. The lowest BCUT2D eigenvalue weighted by Crippen LogP contribution is -2.36. The van der Waals surface area contributed by atoms with Crippen molar-refractivity contribution < 1.29 is 0 Å². The molecular weight excluding hydrogens is 192 g/mol. The van der Waals surface area contributed by atoms with Gasteiger partial charge in [-0.2, -0.15) is 0 Å². The van der Waals surface area contributed by atoms with Crippen LogP contribution in [0.4, 0.5) is 0 Å². The van der Waals surface area contributed by atoms with Gasteiger partial charge < -0.3 is 0 Å². The molecule has 0 saturated heterocycles. The third-order valence-electron chi connectivity index (χ3n) is 3.81. The lowest BCUT2D eigenvalue weighted by molar-refractivity contribution is 0.496. The SMILES string of the molecule is Cc1ccc2c(c1)CC2(C)c1ccccc1. The maximum absolute atomic E-state index is 2.35. The maximum atomic E-state index is 2.35. The van der Waals surface area contributed by atoms with Gasteiger partial charge in [-0.1, -0.05) is 61.0 Å². The van der Waals surface area contributed by atoms with E-state index in [1.165, 1.54) is 28.7 Å². The smallest absolute Gasteiger partial charge is 0.0217 e. The first-order valence-electron chi connectivity index (χ1n) is 5.86. The van der Waals surface area contributed by atoms with Gasteiger partial charge in [-0.3, -0.25) is 0 Å². The molecule has 1 unspecified atom stereocenters. The molecule has 0 amide bonds. The fourth-order valence-corrected chi connectivity index (χ4v) is 2.84. The van der Waals surface area contributed by atoms with Gasteiger partial charge in [0.15, 0.2) is 0 Å². The van der Waals surface area contributed by atoms with Crippen LogP contribution in [-0.2, 0) is 11.8 Å². The topological polar surface area (TPSA) is 0 Å². The summed E-state index contributed by atoms with van der Waals surface area (Å²) in [6.07, 6.45) is 1.17. The Morgan fingerprint density at radius 2 is 1.75 bits per heavy atom. The Morgan fingerprint density at radius 1 is 1.00 bits per heavy atom. The average molecular weight is 208 g/mol. The number of aryl methyl sites for hydroxylation is 1. The number of hydrogen-bond donors (Lipinski definition) is 0. The van der Waals surface area contributed by atoms with E-state index in [2.05, 4.69) is 62.4 Å². The molecule has 0 bridgehead atoms. The fourth-order valence-electron chi connectivity index (χ4n) is 2.84. The molecule has 0 heteroatoms. The van der Waals surface area contributed by atoms with Gasteiger partial charge in [-0.15, -0.1) is 0 Å². The molecule has 0 spiro atoms. The normalized spacial score (nSPS) is 22.4. The summed E-state index contributed by atoms with van der Waals surface area (Å²) in [5, 5.41) is 0. The number of hydrogen-bond acceptors (Lipinski definition) is 0.